The lowest BCUT2D eigenvalue weighted by atomic mass is 10.2. The Hall–Kier alpha value is -2.03. The molecule has 3 nitrogen and oxygen atoms in total. The van der Waals surface area contributed by atoms with E-state index in [0.29, 0.717) is 6.54 Å². The quantitative estimate of drug-likeness (QED) is 0.799. The summed E-state index contributed by atoms with van der Waals surface area (Å²) in [6, 6.07) is 7.92. The minimum absolute atomic E-state index is 0.198. The second-order valence-electron chi connectivity index (χ2n) is 3.68. The first-order chi connectivity index (χ1) is 7.69. The summed E-state index contributed by atoms with van der Waals surface area (Å²) in [6.45, 7) is 5.81. The van der Waals surface area contributed by atoms with E-state index in [1.807, 2.05) is 25.1 Å². The number of aryl methyl sites for hydroxylation is 1. The van der Waals surface area contributed by atoms with Gasteiger partial charge in [-0.15, -0.1) is 0 Å². The highest BCUT2D eigenvalue weighted by atomic mass is 16.3. The number of furan rings is 1. The first kappa shape index (κ1) is 10.5. The highest BCUT2D eigenvalue weighted by Crippen LogP contribution is 2.20. The molecule has 3 heteroatoms. The fraction of sp³-hybridized carbons (Fsp3) is 0.154. The Kier molecular flexibility index (Phi) is 2.77. The molecule has 0 atom stereocenters. The van der Waals surface area contributed by atoms with Gasteiger partial charge in [-0.1, -0.05) is 18.2 Å². The van der Waals surface area contributed by atoms with Crippen LogP contribution in [0.3, 0.4) is 0 Å². The van der Waals surface area contributed by atoms with Crippen LogP contribution in [-0.2, 0) is 11.3 Å². The molecular formula is C13H13NO2. The third kappa shape index (κ3) is 2.14. The van der Waals surface area contributed by atoms with Crippen molar-refractivity contribution >= 4 is 16.9 Å². The first-order valence-corrected chi connectivity index (χ1v) is 5.08. The van der Waals surface area contributed by atoms with Crippen LogP contribution in [0.15, 0.2) is 41.3 Å². The Morgan fingerprint density at radius 2 is 2.31 bits per heavy atom. The number of hydrogen-bond donors (Lipinski definition) is 1. The molecule has 0 spiro atoms. The molecule has 0 saturated heterocycles. The zero-order chi connectivity index (χ0) is 11.5. The summed E-state index contributed by atoms with van der Waals surface area (Å²) in [5.41, 5.74) is 2.03. The normalized spacial score (nSPS) is 10.3. The van der Waals surface area contributed by atoms with Crippen LogP contribution in [0.1, 0.15) is 11.3 Å². The monoisotopic (exact) mass is 215 g/mol. The van der Waals surface area contributed by atoms with Crippen LogP contribution >= 0.6 is 0 Å². The minimum Gasteiger partial charge on any atom is -0.459 e. The largest absolute Gasteiger partial charge is 0.459 e. The molecule has 0 bridgehead atoms. The van der Waals surface area contributed by atoms with Crippen molar-refractivity contribution in [1.29, 1.82) is 0 Å². The standard InChI is InChI=1S/C13H13NO2/c1-3-13(15)14-8-11-7-10-6-9(2)4-5-12(10)16-11/h3-7H,1,8H2,2H3,(H,14,15). The van der Waals surface area contributed by atoms with Gasteiger partial charge in [0.2, 0.25) is 5.91 Å². The highest BCUT2D eigenvalue weighted by Gasteiger charge is 2.04. The highest BCUT2D eigenvalue weighted by molar-refractivity contribution is 5.86. The van der Waals surface area contributed by atoms with Crippen molar-refractivity contribution in [2.24, 2.45) is 0 Å². The molecule has 16 heavy (non-hydrogen) atoms. The van der Waals surface area contributed by atoms with E-state index in [-0.39, 0.29) is 5.91 Å². The number of amides is 1. The van der Waals surface area contributed by atoms with Crippen molar-refractivity contribution in [3.8, 4) is 0 Å². The van der Waals surface area contributed by atoms with E-state index in [1.165, 1.54) is 11.6 Å². The molecule has 0 saturated carbocycles. The van der Waals surface area contributed by atoms with Gasteiger partial charge in [-0.3, -0.25) is 4.79 Å². The van der Waals surface area contributed by atoms with Crippen LogP contribution in [0.2, 0.25) is 0 Å². The number of rotatable bonds is 3. The van der Waals surface area contributed by atoms with Crippen LogP contribution in [0.25, 0.3) is 11.0 Å². The molecule has 0 fully saturated rings. The molecule has 2 rings (SSSR count). The minimum atomic E-state index is -0.198. The van der Waals surface area contributed by atoms with E-state index >= 15 is 0 Å². The maximum Gasteiger partial charge on any atom is 0.243 e. The van der Waals surface area contributed by atoms with E-state index < -0.39 is 0 Å². The van der Waals surface area contributed by atoms with Crippen LogP contribution < -0.4 is 5.32 Å². The number of carbonyl (C=O) groups excluding carboxylic acids is 1. The van der Waals surface area contributed by atoms with E-state index in [2.05, 4.69) is 18.0 Å². The summed E-state index contributed by atoms with van der Waals surface area (Å²) in [6.07, 6.45) is 1.24. The topological polar surface area (TPSA) is 42.2 Å². The maximum absolute atomic E-state index is 11.0. The lowest BCUT2D eigenvalue weighted by molar-refractivity contribution is -0.116. The van der Waals surface area contributed by atoms with Crippen molar-refractivity contribution < 1.29 is 9.21 Å². The van der Waals surface area contributed by atoms with Crippen molar-refractivity contribution in [1.82, 2.24) is 5.32 Å². The molecule has 1 heterocycles. The van der Waals surface area contributed by atoms with Gasteiger partial charge in [-0.25, -0.2) is 0 Å². The van der Waals surface area contributed by atoms with Crippen molar-refractivity contribution in [3.63, 3.8) is 0 Å². The summed E-state index contributed by atoms with van der Waals surface area (Å²) in [7, 11) is 0. The Bertz CT molecular complexity index is 540. The number of carbonyl (C=O) groups is 1. The second-order valence-corrected chi connectivity index (χ2v) is 3.68. The smallest absolute Gasteiger partial charge is 0.243 e. The number of hydrogen-bond acceptors (Lipinski definition) is 2. The van der Waals surface area contributed by atoms with E-state index in [0.717, 1.165) is 16.7 Å². The number of benzene rings is 1. The molecule has 0 radical (unpaired) electrons. The third-order valence-electron chi connectivity index (χ3n) is 2.35. The van der Waals surface area contributed by atoms with Crippen LogP contribution in [0, 0.1) is 6.92 Å². The van der Waals surface area contributed by atoms with Crippen LogP contribution in [-0.4, -0.2) is 5.91 Å². The fourth-order valence-corrected chi connectivity index (χ4v) is 1.55. The van der Waals surface area contributed by atoms with Crippen molar-refractivity contribution in [3.05, 3.63) is 48.2 Å². The molecule has 2 aromatic rings. The zero-order valence-electron chi connectivity index (χ0n) is 9.12. The lowest BCUT2D eigenvalue weighted by Gasteiger charge is -1.96. The molecule has 0 unspecified atom stereocenters. The zero-order valence-corrected chi connectivity index (χ0v) is 9.12. The van der Waals surface area contributed by atoms with Crippen molar-refractivity contribution in [2.75, 3.05) is 0 Å². The summed E-state index contributed by atoms with van der Waals surface area (Å²) < 4.78 is 5.57. The van der Waals surface area contributed by atoms with Crippen LogP contribution in [0.5, 0.6) is 0 Å². The summed E-state index contributed by atoms with van der Waals surface area (Å²) in [4.78, 5) is 11.0. The number of nitrogens with one attached hydrogen (secondary N) is 1. The number of fused-ring (bicyclic) bond motifs is 1. The molecule has 82 valence electrons. The molecule has 0 aliphatic heterocycles. The van der Waals surface area contributed by atoms with Gasteiger partial charge < -0.3 is 9.73 Å². The van der Waals surface area contributed by atoms with Crippen LogP contribution in [0.4, 0.5) is 0 Å². The Morgan fingerprint density at radius 3 is 3.06 bits per heavy atom. The van der Waals surface area contributed by atoms with Gasteiger partial charge in [0.05, 0.1) is 6.54 Å². The predicted octanol–water partition coefficient (Wildman–Crippen LogP) is 2.54. The Morgan fingerprint density at radius 1 is 1.50 bits per heavy atom. The summed E-state index contributed by atoms with van der Waals surface area (Å²) in [5.74, 6) is 0.549. The summed E-state index contributed by atoms with van der Waals surface area (Å²) in [5, 5.41) is 3.73. The molecule has 1 aromatic carbocycles. The van der Waals surface area contributed by atoms with E-state index in [9.17, 15) is 4.79 Å². The molecule has 1 amide bonds. The van der Waals surface area contributed by atoms with Gasteiger partial charge >= 0.3 is 0 Å². The van der Waals surface area contributed by atoms with Gasteiger partial charge in [-0.2, -0.15) is 0 Å². The van der Waals surface area contributed by atoms with Gasteiger partial charge in [-0.05, 0) is 31.2 Å². The Labute approximate surface area is 93.8 Å². The molecule has 0 aliphatic rings. The molecule has 0 aliphatic carbocycles. The van der Waals surface area contributed by atoms with Gasteiger partial charge in [0.25, 0.3) is 0 Å². The SMILES string of the molecule is C=CC(=O)NCc1cc2cc(C)ccc2o1. The van der Waals surface area contributed by atoms with E-state index in [1.54, 1.807) is 0 Å². The molecule has 1 N–H and O–H groups in total. The molecule has 1 aromatic heterocycles. The fourth-order valence-electron chi connectivity index (χ4n) is 1.55. The first-order valence-electron chi connectivity index (χ1n) is 5.08. The lowest BCUT2D eigenvalue weighted by Crippen LogP contribution is -2.19. The average molecular weight is 215 g/mol. The Balaban J connectivity index is 2.19. The predicted molar refractivity (Wildman–Crippen MR) is 63.0 cm³/mol. The average Bonchev–Trinajstić information content (AvgIpc) is 2.67. The van der Waals surface area contributed by atoms with E-state index in [4.69, 9.17) is 4.42 Å². The van der Waals surface area contributed by atoms with Crippen molar-refractivity contribution in [2.45, 2.75) is 13.5 Å². The van der Waals surface area contributed by atoms with Gasteiger partial charge in [0.1, 0.15) is 11.3 Å². The summed E-state index contributed by atoms with van der Waals surface area (Å²) >= 11 is 0. The maximum atomic E-state index is 11.0. The van der Waals surface area contributed by atoms with Gasteiger partial charge in [0, 0.05) is 5.39 Å². The van der Waals surface area contributed by atoms with Gasteiger partial charge in [0.15, 0.2) is 0 Å². The second kappa shape index (κ2) is 4.23. The molecular weight excluding hydrogens is 202 g/mol. The third-order valence-corrected chi connectivity index (χ3v) is 2.35.